The van der Waals surface area contributed by atoms with Crippen LogP contribution in [-0.4, -0.2) is 83.0 Å². The summed E-state index contributed by atoms with van der Waals surface area (Å²) in [5.41, 5.74) is 2.97. The van der Waals surface area contributed by atoms with Crippen molar-refractivity contribution >= 4 is 28.9 Å². The van der Waals surface area contributed by atoms with Crippen molar-refractivity contribution in [2.24, 2.45) is 0 Å². The molecule has 6 rings (SSSR count). The molecule has 0 atom stereocenters. The monoisotopic (exact) mass is 534 g/mol. The number of pyridine rings is 1. The molecule has 39 heavy (non-hydrogen) atoms. The SMILES string of the molecule is COC(=O)N1CC(c2nc(-c3cc(F)c(C)c(NC(=O)c4cnn5ccc(N6CCNCC6)cc45)c3)no2)C1. The van der Waals surface area contributed by atoms with Gasteiger partial charge in [-0.25, -0.2) is 13.7 Å². The molecule has 5 heterocycles. The number of rotatable bonds is 5. The Morgan fingerprint density at radius 2 is 2.00 bits per heavy atom. The third-order valence-electron chi connectivity index (χ3n) is 7.19. The molecule has 1 aromatic carbocycles. The number of fused-ring (bicyclic) bond motifs is 1. The summed E-state index contributed by atoms with van der Waals surface area (Å²) in [7, 11) is 1.32. The van der Waals surface area contributed by atoms with E-state index in [9.17, 15) is 14.0 Å². The minimum atomic E-state index is -0.518. The van der Waals surface area contributed by atoms with Gasteiger partial charge >= 0.3 is 6.09 Å². The number of carbonyl (C=O) groups excluding carboxylic acids is 2. The normalized spacial score (nSPS) is 15.9. The fraction of sp³-hybridized carbons (Fsp3) is 0.346. The molecule has 0 aliphatic carbocycles. The molecule has 0 bridgehead atoms. The number of nitrogens with one attached hydrogen (secondary N) is 2. The van der Waals surface area contributed by atoms with Crippen molar-refractivity contribution in [2.45, 2.75) is 12.8 Å². The Morgan fingerprint density at radius 1 is 1.21 bits per heavy atom. The van der Waals surface area contributed by atoms with Crippen LogP contribution in [0.3, 0.4) is 0 Å². The zero-order chi connectivity index (χ0) is 27.1. The molecule has 2 N–H and O–H groups in total. The second-order valence-corrected chi connectivity index (χ2v) is 9.62. The van der Waals surface area contributed by atoms with Crippen LogP contribution in [0.15, 0.2) is 41.2 Å². The number of anilines is 2. The molecule has 0 radical (unpaired) electrons. The van der Waals surface area contributed by atoms with Gasteiger partial charge in [0.05, 0.1) is 30.3 Å². The summed E-state index contributed by atoms with van der Waals surface area (Å²) in [5, 5.41) is 14.5. The second kappa shape index (κ2) is 9.98. The van der Waals surface area contributed by atoms with Crippen molar-refractivity contribution in [1.82, 2.24) is 30.0 Å². The first-order chi connectivity index (χ1) is 18.9. The molecule has 2 aliphatic heterocycles. The van der Waals surface area contributed by atoms with Crippen molar-refractivity contribution in [2.75, 3.05) is 56.6 Å². The summed E-state index contributed by atoms with van der Waals surface area (Å²) in [5.74, 6) is -0.513. The number of amides is 2. The van der Waals surface area contributed by atoms with Gasteiger partial charge in [0.25, 0.3) is 5.91 Å². The minimum Gasteiger partial charge on any atom is -0.453 e. The molecule has 202 valence electrons. The molecule has 2 aliphatic rings. The van der Waals surface area contributed by atoms with Gasteiger partial charge in [0, 0.05) is 68.0 Å². The first kappa shape index (κ1) is 24.8. The van der Waals surface area contributed by atoms with Gasteiger partial charge < -0.3 is 29.7 Å². The van der Waals surface area contributed by atoms with Gasteiger partial charge in [0.15, 0.2) is 0 Å². The first-order valence-electron chi connectivity index (χ1n) is 12.6. The smallest absolute Gasteiger partial charge is 0.409 e. The standard InChI is InChI=1S/C26H27FN8O4/c1-15-20(27)9-16(23-31-25(39-32-23)17-13-34(14-17)26(37)38-2)10-21(15)30-24(36)19-12-29-35-6-3-18(11-22(19)35)33-7-4-28-5-8-33/h3,6,9-12,17,28H,4-5,7-8,13-14H2,1-2H3,(H,30,36). The molecular formula is C26H27FN8O4. The summed E-state index contributed by atoms with van der Waals surface area (Å²) in [6, 6.07) is 6.84. The molecule has 13 heteroatoms. The average molecular weight is 535 g/mol. The van der Waals surface area contributed by atoms with Crippen molar-refractivity contribution in [3.05, 3.63) is 59.5 Å². The lowest BCUT2D eigenvalue weighted by Gasteiger charge is -2.35. The van der Waals surface area contributed by atoms with Gasteiger partial charge in [-0.15, -0.1) is 0 Å². The number of methoxy groups -OCH3 is 1. The van der Waals surface area contributed by atoms with E-state index >= 15 is 0 Å². The largest absolute Gasteiger partial charge is 0.453 e. The Bertz CT molecular complexity index is 1550. The first-order valence-corrected chi connectivity index (χ1v) is 12.6. The Labute approximate surface area is 222 Å². The van der Waals surface area contributed by atoms with Crippen LogP contribution in [0.2, 0.25) is 0 Å². The summed E-state index contributed by atoms with van der Waals surface area (Å²) >= 11 is 0. The number of carbonyl (C=O) groups is 2. The predicted octanol–water partition coefficient (Wildman–Crippen LogP) is 2.66. The molecule has 0 saturated carbocycles. The van der Waals surface area contributed by atoms with E-state index < -0.39 is 17.8 Å². The highest BCUT2D eigenvalue weighted by Gasteiger charge is 2.36. The molecule has 0 spiro atoms. The highest BCUT2D eigenvalue weighted by Crippen LogP contribution is 2.31. The van der Waals surface area contributed by atoms with E-state index in [0.717, 1.165) is 31.9 Å². The molecule has 12 nitrogen and oxygen atoms in total. The van der Waals surface area contributed by atoms with Gasteiger partial charge in [-0.1, -0.05) is 5.16 Å². The van der Waals surface area contributed by atoms with Crippen LogP contribution < -0.4 is 15.5 Å². The molecule has 2 fully saturated rings. The van der Waals surface area contributed by atoms with E-state index in [1.54, 1.807) is 17.5 Å². The number of benzene rings is 1. The van der Waals surface area contributed by atoms with E-state index in [4.69, 9.17) is 9.26 Å². The highest BCUT2D eigenvalue weighted by molar-refractivity contribution is 6.09. The summed E-state index contributed by atoms with van der Waals surface area (Å²) in [6.45, 7) is 5.92. The molecule has 2 saturated heterocycles. The molecule has 4 aromatic rings. The molecule has 0 unspecified atom stereocenters. The Morgan fingerprint density at radius 3 is 2.77 bits per heavy atom. The van der Waals surface area contributed by atoms with E-state index in [0.29, 0.717) is 41.3 Å². The lowest BCUT2D eigenvalue weighted by atomic mass is 10.0. The molecular weight excluding hydrogens is 507 g/mol. The summed E-state index contributed by atoms with van der Waals surface area (Å²) in [6.07, 6.45) is 2.91. The number of halogens is 1. The van der Waals surface area contributed by atoms with Crippen LogP contribution in [0.5, 0.6) is 0 Å². The number of likely N-dealkylation sites (tertiary alicyclic amines) is 1. The number of hydrogen-bond acceptors (Lipinski definition) is 9. The summed E-state index contributed by atoms with van der Waals surface area (Å²) < 4.78 is 26.7. The van der Waals surface area contributed by atoms with Gasteiger partial charge in [0.2, 0.25) is 11.7 Å². The van der Waals surface area contributed by atoms with Crippen LogP contribution in [0, 0.1) is 12.7 Å². The van der Waals surface area contributed by atoms with Crippen LogP contribution >= 0.6 is 0 Å². The Balaban J connectivity index is 1.23. The van der Waals surface area contributed by atoms with Crippen molar-refractivity contribution in [3.63, 3.8) is 0 Å². The number of nitrogens with zero attached hydrogens (tertiary/aromatic N) is 6. The van der Waals surface area contributed by atoms with Crippen molar-refractivity contribution < 1.29 is 23.2 Å². The maximum Gasteiger partial charge on any atom is 0.409 e. The fourth-order valence-corrected chi connectivity index (χ4v) is 4.82. The van der Waals surface area contributed by atoms with Crippen LogP contribution in [0.1, 0.15) is 27.7 Å². The fourth-order valence-electron chi connectivity index (χ4n) is 4.82. The quantitative estimate of drug-likeness (QED) is 0.397. The Hall–Kier alpha value is -4.52. The number of aromatic nitrogens is 4. The number of piperazine rings is 1. The average Bonchev–Trinajstić information content (AvgIpc) is 3.58. The predicted molar refractivity (Wildman–Crippen MR) is 139 cm³/mol. The van der Waals surface area contributed by atoms with Crippen molar-refractivity contribution in [1.29, 1.82) is 0 Å². The van der Waals surface area contributed by atoms with Crippen molar-refractivity contribution in [3.8, 4) is 11.4 Å². The van der Waals surface area contributed by atoms with Gasteiger partial charge in [-0.05, 0) is 31.2 Å². The van der Waals surface area contributed by atoms with E-state index in [-0.39, 0.29) is 17.3 Å². The topological polar surface area (TPSA) is 130 Å². The molecule has 3 aromatic heterocycles. The summed E-state index contributed by atoms with van der Waals surface area (Å²) in [4.78, 5) is 33.1. The third kappa shape index (κ3) is 4.65. The van der Waals surface area contributed by atoms with Gasteiger partial charge in [-0.2, -0.15) is 10.1 Å². The van der Waals surface area contributed by atoms with Crippen LogP contribution in [0.25, 0.3) is 16.9 Å². The van der Waals surface area contributed by atoms with E-state index in [1.165, 1.54) is 24.3 Å². The van der Waals surface area contributed by atoms with Gasteiger partial charge in [0.1, 0.15) is 5.82 Å². The molecule has 2 amide bonds. The number of hydrogen-bond donors (Lipinski definition) is 2. The van der Waals surface area contributed by atoms with Gasteiger partial charge in [-0.3, -0.25) is 4.79 Å². The highest BCUT2D eigenvalue weighted by atomic mass is 19.1. The Kier molecular flexibility index (Phi) is 6.35. The number of ether oxygens (including phenoxy) is 1. The van der Waals surface area contributed by atoms with Crippen LogP contribution in [0.4, 0.5) is 20.6 Å². The van der Waals surface area contributed by atoms with E-state index in [1.807, 2.05) is 18.3 Å². The second-order valence-electron chi connectivity index (χ2n) is 9.62. The van der Waals surface area contributed by atoms with Crippen LogP contribution in [-0.2, 0) is 4.74 Å². The third-order valence-corrected chi connectivity index (χ3v) is 7.19. The maximum absolute atomic E-state index is 14.9. The zero-order valence-electron chi connectivity index (χ0n) is 21.5. The van der Waals surface area contributed by atoms with E-state index in [2.05, 4.69) is 30.8 Å². The zero-order valence-corrected chi connectivity index (χ0v) is 21.5. The lowest BCUT2D eigenvalue weighted by Crippen LogP contribution is -2.48. The minimum absolute atomic E-state index is 0.124. The maximum atomic E-state index is 14.9. The lowest BCUT2D eigenvalue weighted by molar-refractivity contribution is 0.0804.